The molecular weight excluding hydrogens is 473 g/mol. The Morgan fingerprint density at radius 1 is 1.15 bits per heavy atom. The van der Waals surface area contributed by atoms with Gasteiger partial charge >= 0.3 is 5.51 Å². The van der Waals surface area contributed by atoms with Crippen LogP contribution in [0.3, 0.4) is 0 Å². The van der Waals surface area contributed by atoms with Crippen molar-refractivity contribution in [3.8, 4) is 0 Å². The van der Waals surface area contributed by atoms with E-state index in [0.29, 0.717) is 57.4 Å². The van der Waals surface area contributed by atoms with Gasteiger partial charge in [-0.3, -0.25) is 14.7 Å². The predicted molar refractivity (Wildman–Crippen MR) is 118 cm³/mol. The van der Waals surface area contributed by atoms with Gasteiger partial charge in [0.25, 0.3) is 15.7 Å². The molecule has 1 unspecified atom stereocenters. The molecule has 2 aliphatic heterocycles. The van der Waals surface area contributed by atoms with Crippen molar-refractivity contribution in [2.45, 2.75) is 29.9 Å². The van der Waals surface area contributed by atoms with Crippen LogP contribution >= 0.6 is 0 Å². The van der Waals surface area contributed by atoms with E-state index in [0.717, 1.165) is 17.7 Å². The molecule has 0 spiro atoms. The number of ether oxygens (including phenoxy) is 1. The summed E-state index contributed by atoms with van der Waals surface area (Å²) in [6, 6.07) is 8.51. The molecule has 1 aromatic carbocycles. The number of rotatable bonds is 5. The van der Waals surface area contributed by atoms with E-state index in [1.165, 1.54) is 12.1 Å². The summed E-state index contributed by atoms with van der Waals surface area (Å²) in [7, 11) is -5.37. The lowest BCUT2D eigenvalue weighted by atomic mass is 10.2. The smallest absolute Gasteiger partial charge is 0.378 e. The molecule has 2 fully saturated rings. The van der Waals surface area contributed by atoms with E-state index in [2.05, 4.69) is 9.88 Å². The van der Waals surface area contributed by atoms with Crippen molar-refractivity contribution in [3.63, 3.8) is 0 Å². The lowest BCUT2D eigenvalue weighted by molar-refractivity contribution is -0.0436. The Morgan fingerprint density at radius 2 is 1.82 bits per heavy atom. The predicted octanol–water partition coefficient (Wildman–Crippen LogP) is 2.52. The first-order valence-electron chi connectivity index (χ1n) is 10.8. The molecule has 2 aromatic rings. The van der Waals surface area contributed by atoms with E-state index in [-0.39, 0.29) is 11.9 Å². The monoisotopic (exact) mass is 498 g/mol. The van der Waals surface area contributed by atoms with Gasteiger partial charge in [0.15, 0.2) is 0 Å². The first kappa shape index (κ1) is 24.4. The Labute approximate surface area is 195 Å². The number of hydrogen-bond donors (Lipinski definition) is 0. The Morgan fingerprint density at radius 3 is 2.47 bits per heavy atom. The molecule has 0 N–H and O–H groups in total. The molecule has 8 nitrogen and oxygen atoms in total. The van der Waals surface area contributed by atoms with E-state index in [9.17, 15) is 26.4 Å². The van der Waals surface area contributed by atoms with Crippen LogP contribution in [-0.2, 0) is 21.1 Å². The Balaban J connectivity index is 1.42. The average molecular weight is 499 g/mol. The molecule has 0 aliphatic carbocycles. The van der Waals surface area contributed by atoms with E-state index < -0.39 is 20.2 Å². The van der Waals surface area contributed by atoms with Crippen molar-refractivity contribution in [1.82, 2.24) is 14.8 Å². The van der Waals surface area contributed by atoms with Crippen LogP contribution in [0.1, 0.15) is 23.0 Å². The second kappa shape index (κ2) is 9.51. The molecule has 1 aromatic heterocycles. The lowest BCUT2D eigenvalue weighted by Crippen LogP contribution is -2.41. The third kappa shape index (κ3) is 5.03. The van der Waals surface area contributed by atoms with Gasteiger partial charge in [0, 0.05) is 44.1 Å². The second-order valence-electron chi connectivity index (χ2n) is 8.36. The number of alkyl halides is 3. The standard InChI is InChI=1S/C22H25F3N4O4S/c1-16-13-29(18-2-4-19(5-3-18)34(31,32)22(23,24)25)15-28(16)14-17-6-7-26-20(12-17)21(30)27-8-10-33-11-9-27/h2-7,12,16H,8-11,13-15H2,1H3. The molecular formula is C22H25F3N4O4S. The summed E-state index contributed by atoms with van der Waals surface area (Å²) in [5.74, 6) is -0.129. The van der Waals surface area contributed by atoms with Crippen LogP contribution in [0.2, 0.25) is 0 Å². The van der Waals surface area contributed by atoms with Crippen molar-refractivity contribution in [2.75, 3.05) is 44.4 Å². The molecule has 2 saturated heterocycles. The molecule has 0 saturated carbocycles. The topological polar surface area (TPSA) is 83.1 Å². The summed E-state index contributed by atoms with van der Waals surface area (Å²) in [4.78, 5) is 22.0. The quantitative estimate of drug-likeness (QED) is 0.627. The van der Waals surface area contributed by atoms with Crippen LogP contribution in [0.4, 0.5) is 18.9 Å². The number of pyridine rings is 1. The molecule has 3 heterocycles. The Hall–Kier alpha value is -2.70. The number of amides is 1. The van der Waals surface area contributed by atoms with Gasteiger partial charge in [0.1, 0.15) is 5.69 Å². The van der Waals surface area contributed by atoms with Gasteiger partial charge in [-0.15, -0.1) is 0 Å². The van der Waals surface area contributed by atoms with Crippen LogP contribution in [0, 0.1) is 0 Å². The minimum absolute atomic E-state index is 0.129. The summed E-state index contributed by atoms with van der Waals surface area (Å²) in [6.45, 7) is 5.80. The zero-order valence-corrected chi connectivity index (χ0v) is 19.3. The number of hydrogen-bond acceptors (Lipinski definition) is 7. The molecule has 2 aliphatic rings. The first-order valence-corrected chi connectivity index (χ1v) is 12.3. The highest BCUT2D eigenvalue weighted by atomic mass is 32.2. The van der Waals surface area contributed by atoms with Crippen molar-refractivity contribution < 1.29 is 31.1 Å². The number of carbonyl (C=O) groups excluding carboxylic acids is 1. The molecule has 184 valence electrons. The van der Waals surface area contributed by atoms with Gasteiger partial charge in [0.05, 0.1) is 24.8 Å². The number of aromatic nitrogens is 1. The molecule has 4 rings (SSSR count). The number of nitrogens with zero attached hydrogens (tertiary/aromatic N) is 4. The number of carbonyl (C=O) groups is 1. The van der Waals surface area contributed by atoms with Gasteiger partial charge in [-0.05, 0) is 48.9 Å². The highest BCUT2D eigenvalue weighted by Gasteiger charge is 2.46. The Bertz CT molecular complexity index is 1140. The maximum absolute atomic E-state index is 12.8. The first-order chi connectivity index (χ1) is 16.1. The van der Waals surface area contributed by atoms with Crippen molar-refractivity contribution in [1.29, 1.82) is 0 Å². The van der Waals surface area contributed by atoms with E-state index in [1.54, 1.807) is 17.2 Å². The van der Waals surface area contributed by atoms with Crippen LogP contribution < -0.4 is 4.90 Å². The number of benzene rings is 1. The summed E-state index contributed by atoms with van der Waals surface area (Å²) in [6.07, 6.45) is 1.61. The van der Waals surface area contributed by atoms with Crippen molar-refractivity contribution in [2.24, 2.45) is 0 Å². The number of morpholine rings is 1. The fourth-order valence-corrected chi connectivity index (χ4v) is 4.83. The molecule has 1 amide bonds. The second-order valence-corrected chi connectivity index (χ2v) is 10.3. The van der Waals surface area contributed by atoms with E-state index >= 15 is 0 Å². The lowest BCUT2D eigenvalue weighted by Gasteiger charge is -2.26. The maximum Gasteiger partial charge on any atom is 0.501 e. The van der Waals surface area contributed by atoms with Crippen LogP contribution in [0.5, 0.6) is 0 Å². The number of halogens is 3. The Kier molecular flexibility index (Phi) is 6.83. The van der Waals surface area contributed by atoms with Gasteiger partial charge in [-0.1, -0.05) is 0 Å². The number of sulfone groups is 1. The number of anilines is 1. The zero-order chi connectivity index (χ0) is 24.5. The zero-order valence-electron chi connectivity index (χ0n) is 18.5. The molecule has 12 heteroatoms. The van der Waals surface area contributed by atoms with Crippen LogP contribution in [-0.4, -0.2) is 80.2 Å². The fraction of sp³-hybridized carbons (Fsp3) is 0.455. The average Bonchev–Trinajstić information content (AvgIpc) is 3.18. The van der Waals surface area contributed by atoms with Crippen molar-refractivity contribution in [3.05, 3.63) is 53.9 Å². The summed E-state index contributed by atoms with van der Waals surface area (Å²) in [5.41, 5.74) is -3.40. The van der Waals surface area contributed by atoms with Gasteiger partial charge < -0.3 is 14.5 Å². The summed E-state index contributed by atoms with van der Waals surface area (Å²) >= 11 is 0. The summed E-state index contributed by atoms with van der Waals surface area (Å²) < 4.78 is 66.8. The molecule has 1 atom stereocenters. The third-order valence-electron chi connectivity index (χ3n) is 6.00. The normalized spacial score (nSPS) is 20.1. The maximum atomic E-state index is 12.8. The molecule has 0 radical (unpaired) electrons. The third-order valence-corrected chi connectivity index (χ3v) is 7.51. The van der Waals surface area contributed by atoms with Gasteiger partial charge in [-0.25, -0.2) is 8.42 Å². The highest BCUT2D eigenvalue weighted by Crippen LogP contribution is 2.32. The minimum atomic E-state index is -5.37. The van der Waals surface area contributed by atoms with E-state index in [4.69, 9.17) is 4.74 Å². The molecule has 0 bridgehead atoms. The molecule has 34 heavy (non-hydrogen) atoms. The fourth-order valence-electron chi connectivity index (χ4n) is 4.07. The highest BCUT2D eigenvalue weighted by molar-refractivity contribution is 7.92. The van der Waals surface area contributed by atoms with Crippen LogP contribution in [0.25, 0.3) is 0 Å². The van der Waals surface area contributed by atoms with Gasteiger partial charge in [-0.2, -0.15) is 13.2 Å². The van der Waals surface area contributed by atoms with Crippen molar-refractivity contribution >= 4 is 21.4 Å². The summed E-state index contributed by atoms with van der Waals surface area (Å²) in [5, 5.41) is 0. The largest absolute Gasteiger partial charge is 0.501 e. The minimum Gasteiger partial charge on any atom is -0.378 e. The van der Waals surface area contributed by atoms with E-state index in [1.807, 2.05) is 17.9 Å². The SMILES string of the molecule is CC1CN(c2ccc(S(=O)(=O)C(F)(F)F)cc2)CN1Cc1ccnc(C(=O)N2CCOCC2)c1. The van der Waals surface area contributed by atoms with Crippen LogP contribution in [0.15, 0.2) is 47.5 Å². The van der Waals surface area contributed by atoms with Gasteiger partial charge in [0.2, 0.25) is 0 Å².